The first kappa shape index (κ1) is 11.4. The largest absolute Gasteiger partial charge is 0.385 e. The van der Waals surface area contributed by atoms with Gasteiger partial charge in [0.2, 0.25) is 0 Å². The fourth-order valence-electron chi connectivity index (χ4n) is 2.77. The predicted molar refractivity (Wildman–Crippen MR) is 66.6 cm³/mol. The van der Waals surface area contributed by atoms with Gasteiger partial charge in [-0.3, -0.25) is 4.68 Å². The maximum Gasteiger partial charge on any atom is 0.0974 e. The average Bonchev–Trinajstić information content (AvgIpc) is 2.84. The van der Waals surface area contributed by atoms with Crippen LogP contribution in [0.25, 0.3) is 0 Å². The smallest absolute Gasteiger partial charge is 0.0974 e. The molecule has 5 nitrogen and oxygen atoms in total. The first-order valence-electron chi connectivity index (χ1n) is 6.01. The van der Waals surface area contributed by atoms with Gasteiger partial charge in [0.25, 0.3) is 0 Å². The maximum absolute atomic E-state index is 10.8. The highest BCUT2D eigenvalue weighted by atomic mass is 16.3. The molecule has 1 heterocycles. The number of aromatic nitrogens is 3. The van der Waals surface area contributed by atoms with Crippen molar-refractivity contribution >= 4 is 0 Å². The number of fused-ring (bicyclic) bond motifs is 1. The Balaban J connectivity index is 1.97. The lowest BCUT2D eigenvalue weighted by Crippen LogP contribution is -2.26. The number of aliphatic hydroxyl groups is 1. The van der Waals surface area contributed by atoms with Gasteiger partial charge in [-0.15, -0.1) is 5.10 Å². The second-order valence-corrected chi connectivity index (χ2v) is 4.99. The van der Waals surface area contributed by atoms with Gasteiger partial charge in [0, 0.05) is 25.7 Å². The fraction of sp³-hybridized carbons (Fsp3) is 0.385. The van der Waals surface area contributed by atoms with Gasteiger partial charge in [0.15, 0.2) is 0 Å². The molecule has 18 heavy (non-hydrogen) atoms. The minimum absolute atomic E-state index is 0.108. The average molecular weight is 244 g/mol. The Hall–Kier alpha value is -1.72. The summed E-state index contributed by atoms with van der Waals surface area (Å²) in [5.74, 6) is 0. The molecule has 1 aliphatic rings. The molecule has 2 aromatic rings. The first-order chi connectivity index (χ1) is 8.58. The van der Waals surface area contributed by atoms with E-state index in [1.54, 1.807) is 4.68 Å². The molecular weight excluding hydrogens is 228 g/mol. The van der Waals surface area contributed by atoms with Crippen LogP contribution in [0.15, 0.2) is 30.5 Å². The van der Waals surface area contributed by atoms with Gasteiger partial charge in [-0.2, -0.15) is 0 Å². The zero-order chi connectivity index (χ0) is 12.8. The summed E-state index contributed by atoms with van der Waals surface area (Å²) < 4.78 is 1.64. The monoisotopic (exact) mass is 244 g/mol. The van der Waals surface area contributed by atoms with Gasteiger partial charge >= 0.3 is 0 Å². The molecule has 1 aromatic carbocycles. The highest BCUT2D eigenvalue weighted by Gasteiger charge is 2.41. The number of hydrogen-bond acceptors (Lipinski definition) is 4. The van der Waals surface area contributed by atoms with Crippen LogP contribution >= 0.6 is 0 Å². The molecule has 3 rings (SSSR count). The molecule has 0 radical (unpaired) electrons. The molecule has 0 fully saturated rings. The van der Waals surface area contributed by atoms with Gasteiger partial charge < -0.3 is 10.8 Å². The van der Waals surface area contributed by atoms with Gasteiger partial charge in [-0.1, -0.05) is 29.5 Å². The molecule has 94 valence electrons. The molecule has 1 aliphatic carbocycles. The summed E-state index contributed by atoms with van der Waals surface area (Å²) in [4.78, 5) is 0. The van der Waals surface area contributed by atoms with Crippen LogP contribution in [0.1, 0.15) is 29.3 Å². The summed E-state index contributed by atoms with van der Waals surface area (Å²) in [6, 6.07) is 7.70. The molecule has 0 saturated carbocycles. The zero-order valence-corrected chi connectivity index (χ0v) is 10.2. The van der Waals surface area contributed by atoms with Gasteiger partial charge in [-0.05, 0) is 17.5 Å². The Bertz CT molecular complexity index is 580. The van der Waals surface area contributed by atoms with Crippen molar-refractivity contribution in [2.75, 3.05) is 0 Å². The van der Waals surface area contributed by atoms with E-state index < -0.39 is 5.60 Å². The highest BCUT2D eigenvalue weighted by Crippen LogP contribution is 2.43. The molecular formula is C13H16N4O. The van der Waals surface area contributed by atoms with Gasteiger partial charge in [0.05, 0.1) is 11.3 Å². The predicted octanol–water partition coefficient (Wildman–Crippen LogP) is 0.649. The number of nitrogens with zero attached hydrogens (tertiary/aromatic N) is 3. The van der Waals surface area contributed by atoms with Crippen molar-refractivity contribution in [3.8, 4) is 0 Å². The van der Waals surface area contributed by atoms with Crippen molar-refractivity contribution in [3.63, 3.8) is 0 Å². The molecule has 1 aromatic heterocycles. The fourth-order valence-corrected chi connectivity index (χ4v) is 2.77. The second-order valence-electron chi connectivity index (χ2n) is 4.99. The molecule has 0 saturated heterocycles. The van der Waals surface area contributed by atoms with E-state index in [0.29, 0.717) is 12.8 Å². The van der Waals surface area contributed by atoms with E-state index in [1.165, 1.54) is 0 Å². The number of hydrogen-bond donors (Lipinski definition) is 2. The molecule has 5 heteroatoms. The number of rotatable bonds is 2. The third-order valence-corrected chi connectivity index (χ3v) is 3.54. The Labute approximate surface area is 105 Å². The van der Waals surface area contributed by atoms with Crippen molar-refractivity contribution < 1.29 is 5.11 Å². The molecule has 0 amide bonds. The van der Waals surface area contributed by atoms with Crippen molar-refractivity contribution in [2.24, 2.45) is 12.8 Å². The summed E-state index contributed by atoms with van der Waals surface area (Å²) >= 11 is 0. The Morgan fingerprint density at radius 2 is 2.28 bits per heavy atom. The maximum atomic E-state index is 10.8. The lowest BCUT2D eigenvalue weighted by atomic mass is 9.91. The van der Waals surface area contributed by atoms with Crippen LogP contribution in [-0.2, 0) is 19.1 Å². The molecule has 0 aliphatic heterocycles. The van der Waals surface area contributed by atoms with E-state index in [4.69, 9.17) is 5.73 Å². The third-order valence-electron chi connectivity index (χ3n) is 3.54. The topological polar surface area (TPSA) is 77.0 Å². The number of benzene rings is 1. The summed E-state index contributed by atoms with van der Waals surface area (Å²) in [6.45, 7) is 0. The summed E-state index contributed by atoms with van der Waals surface area (Å²) in [7, 11) is 1.81. The Kier molecular flexibility index (Phi) is 2.46. The van der Waals surface area contributed by atoms with E-state index in [2.05, 4.69) is 10.3 Å². The molecule has 3 N–H and O–H groups in total. The summed E-state index contributed by atoms with van der Waals surface area (Å²) in [5, 5.41) is 18.7. The van der Waals surface area contributed by atoms with Crippen LogP contribution in [0.2, 0.25) is 0 Å². The minimum Gasteiger partial charge on any atom is -0.385 e. The standard InChI is InChI=1S/C13H16N4O/c1-17-8-9(15-16-17)6-13(18)7-12(14)10-4-2-3-5-11(10)13/h2-5,8,12,18H,6-7,14H2,1H3. The lowest BCUT2D eigenvalue weighted by Gasteiger charge is -2.22. The van der Waals surface area contributed by atoms with Gasteiger partial charge in [-0.25, -0.2) is 0 Å². The Morgan fingerprint density at radius 3 is 3.00 bits per heavy atom. The van der Waals surface area contributed by atoms with E-state index in [1.807, 2.05) is 37.5 Å². The Morgan fingerprint density at radius 1 is 1.50 bits per heavy atom. The highest BCUT2D eigenvalue weighted by molar-refractivity contribution is 5.40. The van der Waals surface area contributed by atoms with E-state index >= 15 is 0 Å². The van der Waals surface area contributed by atoms with Crippen LogP contribution in [-0.4, -0.2) is 20.1 Å². The molecule has 0 bridgehead atoms. The van der Waals surface area contributed by atoms with Crippen LogP contribution in [0.3, 0.4) is 0 Å². The quantitative estimate of drug-likeness (QED) is 0.813. The molecule has 2 unspecified atom stereocenters. The number of aryl methyl sites for hydroxylation is 1. The number of nitrogens with two attached hydrogens (primary N) is 1. The van der Waals surface area contributed by atoms with Crippen molar-refractivity contribution in [2.45, 2.75) is 24.5 Å². The summed E-state index contributed by atoms with van der Waals surface area (Å²) in [6.07, 6.45) is 2.80. The van der Waals surface area contributed by atoms with Crippen LogP contribution < -0.4 is 5.73 Å². The summed E-state index contributed by atoms with van der Waals surface area (Å²) in [5.41, 5.74) is 7.89. The van der Waals surface area contributed by atoms with Crippen LogP contribution in [0.4, 0.5) is 0 Å². The first-order valence-corrected chi connectivity index (χ1v) is 6.01. The normalized spacial score (nSPS) is 26.3. The third kappa shape index (κ3) is 1.72. The van der Waals surface area contributed by atoms with Crippen molar-refractivity contribution in [1.82, 2.24) is 15.0 Å². The van der Waals surface area contributed by atoms with Crippen LogP contribution in [0.5, 0.6) is 0 Å². The van der Waals surface area contributed by atoms with E-state index in [0.717, 1.165) is 16.8 Å². The van der Waals surface area contributed by atoms with E-state index in [-0.39, 0.29) is 6.04 Å². The zero-order valence-electron chi connectivity index (χ0n) is 10.2. The molecule has 0 spiro atoms. The molecule has 2 atom stereocenters. The van der Waals surface area contributed by atoms with Crippen LogP contribution in [0, 0.1) is 0 Å². The SMILES string of the molecule is Cn1cc(CC2(O)CC(N)c3ccccc32)nn1. The minimum atomic E-state index is -0.925. The van der Waals surface area contributed by atoms with Gasteiger partial charge in [0.1, 0.15) is 0 Å². The lowest BCUT2D eigenvalue weighted by molar-refractivity contribution is 0.0332. The second kappa shape index (κ2) is 3.90. The van der Waals surface area contributed by atoms with Crippen molar-refractivity contribution in [3.05, 3.63) is 47.3 Å². The van der Waals surface area contributed by atoms with E-state index in [9.17, 15) is 5.11 Å². The van der Waals surface area contributed by atoms with Crippen molar-refractivity contribution in [1.29, 1.82) is 0 Å².